The van der Waals surface area contributed by atoms with Crippen LogP contribution in [-0.4, -0.2) is 36.8 Å². The number of hydrogen-bond acceptors (Lipinski definition) is 2. The molecule has 0 bridgehead atoms. The third kappa shape index (κ3) is 7.46. The zero-order valence-electron chi connectivity index (χ0n) is 14.2. The Bertz CT molecular complexity index is 416. The van der Waals surface area contributed by atoms with E-state index in [1.165, 1.54) is 0 Å². The van der Waals surface area contributed by atoms with Crippen LogP contribution in [0, 0.1) is 5.92 Å². The molecule has 0 amide bonds. The van der Waals surface area contributed by atoms with Gasteiger partial charge in [0.25, 0.3) is 0 Å². The summed E-state index contributed by atoms with van der Waals surface area (Å²) in [5, 5.41) is 16.6. The number of nitrogens with one attached hydrogen (secondary N) is 2. The molecule has 4 nitrogen and oxygen atoms in total. The molecule has 3 N–H and O–H groups in total. The van der Waals surface area contributed by atoms with Crippen LogP contribution >= 0.6 is 0 Å². The molecule has 1 aromatic carbocycles. The molecular formula is C18H31N3O. The molecule has 0 saturated carbocycles. The lowest BCUT2D eigenvalue weighted by molar-refractivity contribution is 0.177. The molecule has 0 fully saturated rings. The average Bonchev–Trinajstić information content (AvgIpc) is 2.54. The molecule has 0 aliphatic heterocycles. The van der Waals surface area contributed by atoms with Crippen LogP contribution in [0.4, 0.5) is 0 Å². The Morgan fingerprint density at radius 2 is 1.77 bits per heavy atom. The standard InChI is InChI=1S/C18H31N3O/c1-4-15(5-2)13-20-18(19-6-3)21-14-17(22)12-16-10-8-7-9-11-16/h7-11,15,17,22H,4-6,12-14H2,1-3H3,(H2,19,20,21). The number of aliphatic hydroxyl groups is 1. The summed E-state index contributed by atoms with van der Waals surface area (Å²) in [4.78, 5) is 4.62. The first kappa shape index (κ1) is 18.5. The van der Waals surface area contributed by atoms with Crippen molar-refractivity contribution in [1.82, 2.24) is 10.6 Å². The number of rotatable bonds is 9. The van der Waals surface area contributed by atoms with Gasteiger partial charge in [-0.2, -0.15) is 0 Å². The van der Waals surface area contributed by atoms with Crippen molar-refractivity contribution >= 4 is 5.96 Å². The molecule has 1 unspecified atom stereocenters. The van der Waals surface area contributed by atoms with Crippen LogP contribution in [0.2, 0.25) is 0 Å². The summed E-state index contributed by atoms with van der Waals surface area (Å²) < 4.78 is 0. The van der Waals surface area contributed by atoms with Gasteiger partial charge >= 0.3 is 0 Å². The van der Waals surface area contributed by atoms with Gasteiger partial charge in [0.15, 0.2) is 5.96 Å². The molecular weight excluding hydrogens is 274 g/mol. The van der Waals surface area contributed by atoms with Gasteiger partial charge in [-0.1, -0.05) is 57.0 Å². The average molecular weight is 305 g/mol. The Kier molecular flexibility index (Phi) is 9.31. The summed E-state index contributed by atoms with van der Waals surface area (Å²) in [6.45, 7) is 8.61. The Morgan fingerprint density at radius 3 is 2.36 bits per heavy atom. The predicted molar refractivity (Wildman–Crippen MR) is 94.2 cm³/mol. The lowest BCUT2D eigenvalue weighted by Gasteiger charge is -2.16. The first-order valence-corrected chi connectivity index (χ1v) is 8.43. The van der Waals surface area contributed by atoms with E-state index < -0.39 is 6.10 Å². The van der Waals surface area contributed by atoms with E-state index in [9.17, 15) is 5.11 Å². The Balaban J connectivity index is 2.44. The minimum absolute atomic E-state index is 0.417. The van der Waals surface area contributed by atoms with Crippen LogP contribution in [-0.2, 0) is 6.42 Å². The molecule has 4 heteroatoms. The highest BCUT2D eigenvalue weighted by Crippen LogP contribution is 2.07. The van der Waals surface area contributed by atoms with Crippen LogP contribution in [0.25, 0.3) is 0 Å². The highest BCUT2D eigenvalue weighted by atomic mass is 16.3. The largest absolute Gasteiger partial charge is 0.391 e. The zero-order valence-corrected chi connectivity index (χ0v) is 14.2. The van der Waals surface area contributed by atoms with Gasteiger partial charge in [0, 0.05) is 26.1 Å². The lowest BCUT2D eigenvalue weighted by Crippen LogP contribution is -2.42. The summed E-state index contributed by atoms with van der Waals surface area (Å²) in [6.07, 6.45) is 2.53. The summed E-state index contributed by atoms with van der Waals surface area (Å²) >= 11 is 0. The minimum atomic E-state index is -0.417. The molecule has 1 rings (SSSR count). The van der Waals surface area contributed by atoms with E-state index in [-0.39, 0.29) is 0 Å². The van der Waals surface area contributed by atoms with Crippen molar-refractivity contribution in [2.75, 3.05) is 19.6 Å². The summed E-state index contributed by atoms with van der Waals surface area (Å²) in [6, 6.07) is 10.1. The van der Waals surface area contributed by atoms with Crippen molar-refractivity contribution in [3.05, 3.63) is 35.9 Å². The lowest BCUT2D eigenvalue weighted by atomic mass is 10.0. The maximum atomic E-state index is 10.1. The second kappa shape index (κ2) is 11.1. The van der Waals surface area contributed by atoms with E-state index in [0.29, 0.717) is 18.9 Å². The monoisotopic (exact) mass is 305 g/mol. The molecule has 0 aromatic heterocycles. The summed E-state index contributed by atoms with van der Waals surface area (Å²) in [5.41, 5.74) is 1.15. The first-order chi connectivity index (χ1) is 10.7. The van der Waals surface area contributed by atoms with Crippen molar-refractivity contribution in [1.29, 1.82) is 0 Å². The number of benzene rings is 1. The van der Waals surface area contributed by atoms with Crippen LogP contribution < -0.4 is 10.6 Å². The molecule has 0 radical (unpaired) electrons. The molecule has 1 aromatic rings. The van der Waals surface area contributed by atoms with E-state index in [1.807, 2.05) is 30.3 Å². The zero-order chi connectivity index (χ0) is 16.2. The molecule has 0 aliphatic carbocycles. The molecule has 1 atom stereocenters. The number of guanidine groups is 1. The second-order valence-electron chi connectivity index (χ2n) is 5.63. The topological polar surface area (TPSA) is 56.7 Å². The SMILES string of the molecule is CCNC(=NCC(CC)CC)NCC(O)Cc1ccccc1. The van der Waals surface area contributed by atoms with E-state index >= 15 is 0 Å². The van der Waals surface area contributed by atoms with Gasteiger partial charge in [-0.25, -0.2) is 0 Å². The fourth-order valence-electron chi connectivity index (χ4n) is 2.28. The smallest absolute Gasteiger partial charge is 0.191 e. The molecule has 0 aliphatic rings. The van der Waals surface area contributed by atoms with Crippen LogP contribution in [0.5, 0.6) is 0 Å². The van der Waals surface area contributed by atoms with Crippen molar-refractivity contribution in [3.8, 4) is 0 Å². The third-order valence-corrected chi connectivity index (χ3v) is 3.83. The number of aliphatic imine (C=N–C) groups is 1. The van der Waals surface area contributed by atoms with Crippen molar-refractivity contribution < 1.29 is 5.11 Å². The molecule has 0 spiro atoms. The fraction of sp³-hybridized carbons (Fsp3) is 0.611. The number of nitrogens with zero attached hydrogens (tertiary/aromatic N) is 1. The quantitative estimate of drug-likeness (QED) is 0.485. The fourth-order valence-corrected chi connectivity index (χ4v) is 2.28. The Morgan fingerprint density at radius 1 is 1.09 bits per heavy atom. The highest BCUT2D eigenvalue weighted by Gasteiger charge is 2.08. The van der Waals surface area contributed by atoms with Gasteiger partial charge in [0.05, 0.1) is 6.10 Å². The molecule has 0 heterocycles. The van der Waals surface area contributed by atoms with E-state index in [1.54, 1.807) is 0 Å². The number of aliphatic hydroxyl groups excluding tert-OH is 1. The molecule has 22 heavy (non-hydrogen) atoms. The maximum Gasteiger partial charge on any atom is 0.191 e. The van der Waals surface area contributed by atoms with Gasteiger partial charge in [0.1, 0.15) is 0 Å². The Labute approximate surface area is 135 Å². The van der Waals surface area contributed by atoms with E-state index in [4.69, 9.17) is 0 Å². The van der Waals surface area contributed by atoms with Crippen LogP contribution in [0.3, 0.4) is 0 Å². The van der Waals surface area contributed by atoms with E-state index in [2.05, 4.69) is 36.4 Å². The van der Waals surface area contributed by atoms with Crippen molar-refractivity contribution in [2.24, 2.45) is 10.9 Å². The third-order valence-electron chi connectivity index (χ3n) is 3.83. The molecule has 124 valence electrons. The summed E-state index contributed by atoms with van der Waals surface area (Å²) in [7, 11) is 0. The van der Waals surface area contributed by atoms with Crippen LogP contribution in [0.1, 0.15) is 39.2 Å². The minimum Gasteiger partial charge on any atom is -0.391 e. The van der Waals surface area contributed by atoms with Crippen molar-refractivity contribution in [3.63, 3.8) is 0 Å². The maximum absolute atomic E-state index is 10.1. The Hall–Kier alpha value is -1.55. The second-order valence-corrected chi connectivity index (χ2v) is 5.63. The number of hydrogen-bond donors (Lipinski definition) is 3. The van der Waals surface area contributed by atoms with Gasteiger partial charge < -0.3 is 15.7 Å². The molecule has 0 saturated heterocycles. The summed E-state index contributed by atoms with van der Waals surface area (Å²) in [5.74, 6) is 1.42. The van der Waals surface area contributed by atoms with Gasteiger partial charge in [-0.05, 0) is 18.4 Å². The van der Waals surface area contributed by atoms with Crippen LogP contribution in [0.15, 0.2) is 35.3 Å². The first-order valence-electron chi connectivity index (χ1n) is 8.43. The highest BCUT2D eigenvalue weighted by molar-refractivity contribution is 5.79. The van der Waals surface area contributed by atoms with Crippen molar-refractivity contribution in [2.45, 2.75) is 46.1 Å². The normalized spacial score (nSPS) is 13.2. The van der Waals surface area contributed by atoms with Gasteiger partial charge in [-0.3, -0.25) is 4.99 Å². The van der Waals surface area contributed by atoms with Gasteiger partial charge in [-0.15, -0.1) is 0 Å². The van der Waals surface area contributed by atoms with E-state index in [0.717, 1.165) is 37.5 Å². The predicted octanol–water partition coefficient (Wildman–Crippen LogP) is 2.58. The van der Waals surface area contributed by atoms with Gasteiger partial charge in [0.2, 0.25) is 0 Å².